The lowest BCUT2D eigenvalue weighted by molar-refractivity contribution is -0.137. The van der Waals surface area contributed by atoms with Crippen LogP contribution in [-0.2, 0) is 19.3 Å². The van der Waals surface area contributed by atoms with E-state index < -0.39 is 11.7 Å². The summed E-state index contributed by atoms with van der Waals surface area (Å²) in [6.45, 7) is 3.96. The van der Waals surface area contributed by atoms with Crippen LogP contribution in [0, 0.1) is 5.82 Å². The van der Waals surface area contributed by atoms with Crippen LogP contribution in [0.5, 0.6) is 0 Å². The number of anilines is 1. The zero-order valence-electron chi connectivity index (χ0n) is 19.5. The van der Waals surface area contributed by atoms with Crippen LogP contribution in [0.15, 0.2) is 71.7 Å². The number of benzene rings is 2. The first-order valence-electron chi connectivity index (χ1n) is 11.6. The van der Waals surface area contributed by atoms with E-state index in [0.717, 1.165) is 23.4 Å². The molecule has 1 aliphatic heterocycles. The predicted molar refractivity (Wildman–Crippen MR) is 128 cm³/mol. The van der Waals surface area contributed by atoms with Gasteiger partial charge >= 0.3 is 6.18 Å². The molecule has 1 aromatic heterocycles. The van der Waals surface area contributed by atoms with Gasteiger partial charge in [0, 0.05) is 63.8 Å². The number of rotatable bonds is 7. The summed E-state index contributed by atoms with van der Waals surface area (Å²) in [5.74, 6) is -0.684. The van der Waals surface area contributed by atoms with Crippen molar-refractivity contribution in [2.24, 2.45) is 0 Å². The Morgan fingerprint density at radius 1 is 0.861 bits per heavy atom. The molecule has 36 heavy (non-hydrogen) atoms. The molecular formula is C26H26F4N4O2. The molecule has 0 bridgehead atoms. The Balaban J connectivity index is 1.28. The van der Waals surface area contributed by atoms with E-state index in [-0.39, 0.29) is 23.8 Å². The number of aromatic nitrogens is 1. The molecule has 1 fully saturated rings. The van der Waals surface area contributed by atoms with Crippen LogP contribution >= 0.6 is 0 Å². The number of carbonyl (C=O) groups is 1. The van der Waals surface area contributed by atoms with Crippen LogP contribution < -0.4 is 15.8 Å². The molecule has 190 valence electrons. The van der Waals surface area contributed by atoms with E-state index in [0.29, 0.717) is 44.8 Å². The second-order valence-electron chi connectivity index (χ2n) is 8.63. The van der Waals surface area contributed by atoms with Crippen LogP contribution in [0.4, 0.5) is 23.2 Å². The predicted octanol–water partition coefficient (Wildman–Crippen LogP) is 3.76. The maximum atomic E-state index is 13.0. The molecule has 0 spiro atoms. The number of hydrogen-bond donors (Lipinski definition) is 1. The summed E-state index contributed by atoms with van der Waals surface area (Å²) in [6, 6.07) is 13.8. The third-order valence-corrected chi connectivity index (χ3v) is 6.20. The number of alkyl halides is 3. The summed E-state index contributed by atoms with van der Waals surface area (Å²) >= 11 is 0. The van der Waals surface area contributed by atoms with Gasteiger partial charge in [-0.3, -0.25) is 14.5 Å². The third-order valence-electron chi connectivity index (χ3n) is 6.20. The van der Waals surface area contributed by atoms with Crippen molar-refractivity contribution >= 4 is 11.6 Å². The maximum Gasteiger partial charge on any atom is 0.416 e. The fraction of sp³-hybridized carbons (Fsp3) is 0.308. The number of carbonyl (C=O) groups excluding carboxylic acids is 1. The topological polar surface area (TPSA) is 57.6 Å². The average Bonchev–Trinajstić information content (AvgIpc) is 2.87. The Bertz CT molecular complexity index is 1230. The molecular weight excluding hydrogens is 476 g/mol. The van der Waals surface area contributed by atoms with Crippen molar-refractivity contribution in [2.75, 3.05) is 37.6 Å². The maximum absolute atomic E-state index is 13.0. The Morgan fingerprint density at radius 2 is 1.53 bits per heavy atom. The largest absolute Gasteiger partial charge is 0.416 e. The van der Waals surface area contributed by atoms with E-state index in [4.69, 9.17) is 0 Å². The molecule has 1 saturated heterocycles. The van der Waals surface area contributed by atoms with Gasteiger partial charge in [0.1, 0.15) is 5.82 Å². The lowest BCUT2D eigenvalue weighted by Crippen LogP contribution is -2.47. The smallest absolute Gasteiger partial charge is 0.369 e. The summed E-state index contributed by atoms with van der Waals surface area (Å²) in [6.07, 6.45) is -2.82. The molecule has 2 heterocycles. The van der Waals surface area contributed by atoms with Gasteiger partial charge in [0.15, 0.2) is 0 Å². The molecule has 6 nitrogen and oxygen atoms in total. The van der Waals surface area contributed by atoms with Crippen molar-refractivity contribution < 1.29 is 22.4 Å². The monoisotopic (exact) mass is 502 g/mol. The molecule has 10 heteroatoms. The summed E-state index contributed by atoms with van der Waals surface area (Å²) in [4.78, 5) is 29.0. The standard InChI is InChI=1S/C26H26F4N4O2/c27-22-6-1-19(2-7-22)17-31-25(36)20-3-10-24(35)34(18-20)16-13-32-11-14-33(15-12-32)23-8-4-21(5-9-23)26(28,29)30/h1-10,18H,11-17H2,(H,31,36). The number of pyridine rings is 1. The highest BCUT2D eigenvalue weighted by molar-refractivity contribution is 5.93. The van der Waals surface area contributed by atoms with Gasteiger partial charge in [-0.25, -0.2) is 4.39 Å². The number of amides is 1. The van der Waals surface area contributed by atoms with Gasteiger partial charge in [0.05, 0.1) is 11.1 Å². The van der Waals surface area contributed by atoms with Crippen LogP contribution in [0.2, 0.25) is 0 Å². The van der Waals surface area contributed by atoms with E-state index in [1.54, 1.807) is 12.1 Å². The van der Waals surface area contributed by atoms with E-state index in [2.05, 4.69) is 10.2 Å². The fourth-order valence-electron chi connectivity index (χ4n) is 4.07. The van der Waals surface area contributed by atoms with Gasteiger partial charge in [-0.1, -0.05) is 12.1 Å². The second-order valence-corrected chi connectivity index (χ2v) is 8.63. The van der Waals surface area contributed by atoms with Crippen molar-refractivity contribution in [2.45, 2.75) is 19.3 Å². The van der Waals surface area contributed by atoms with Gasteiger partial charge in [0.2, 0.25) is 0 Å². The summed E-state index contributed by atoms with van der Waals surface area (Å²) in [7, 11) is 0. The normalized spacial score (nSPS) is 14.6. The lowest BCUT2D eigenvalue weighted by Gasteiger charge is -2.36. The summed E-state index contributed by atoms with van der Waals surface area (Å²) in [5, 5.41) is 2.76. The zero-order valence-corrected chi connectivity index (χ0v) is 19.5. The highest BCUT2D eigenvalue weighted by Gasteiger charge is 2.30. The summed E-state index contributed by atoms with van der Waals surface area (Å²) in [5.41, 5.74) is 0.978. The lowest BCUT2D eigenvalue weighted by atomic mass is 10.1. The first-order valence-corrected chi connectivity index (χ1v) is 11.6. The van der Waals surface area contributed by atoms with Crippen LogP contribution in [0.3, 0.4) is 0 Å². The van der Waals surface area contributed by atoms with Crippen molar-refractivity contribution in [3.63, 3.8) is 0 Å². The number of nitrogens with one attached hydrogen (secondary N) is 1. The van der Waals surface area contributed by atoms with E-state index in [9.17, 15) is 27.2 Å². The molecule has 0 aliphatic carbocycles. The van der Waals surface area contributed by atoms with Crippen molar-refractivity contribution in [1.29, 1.82) is 0 Å². The van der Waals surface area contributed by atoms with Gasteiger partial charge in [-0.05, 0) is 48.0 Å². The molecule has 1 aliphatic rings. The van der Waals surface area contributed by atoms with Gasteiger partial charge < -0.3 is 14.8 Å². The Hall–Kier alpha value is -3.66. The number of hydrogen-bond acceptors (Lipinski definition) is 4. The molecule has 1 amide bonds. The average molecular weight is 503 g/mol. The SMILES string of the molecule is O=C(NCc1ccc(F)cc1)c1ccc(=O)n(CCN2CCN(c3ccc(C(F)(F)F)cc3)CC2)c1. The second kappa shape index (κ2) is 10.9. The molecule has 1 N–H and O–H groups in total. The highest BCUT2D eigenvalue weighted by Crippen LogP contribution is 2.30. The first kappa shape index (κ1) is 25.4. The molecule has 0 unspecified atom stereocenters. The zero-order chi connectivity index (χ0) is 25.7. The molecule has 0 atom stereocenters. The third kappa shape index (κ3) is 6.51. The number of nitrogens with zero attached hydrogens (tertiary/aromatic N) is 3. The molecule has 3 aromatic rings. The van der Waals surface area contributed by atoms with Gasteiger partial charge in [-0.15, -0.1) is 0 Å². The van der Waals surface area contributed by atoms with Gasteiger partial charge in [0.25, 0.3) is 11.5 Å². The van der Waals surface area contributed by atoms with Crippen LogP contribution in [0.25, 0.3) is 0 Å². The minimum Gasteiger partial charge on any atom is -0.369 e. The van der Waals surface area contributed by atoms with Crippen molar-refractivity contribution in [3.05, 3.63) is 99.7 Å². The van der Waals surface area contributed by atoms with Crippen molar-refractivity contribution in [1.82, 2.24) is 14.8 Å². The molecule has 4 rings (SSSR count). The Kier molecular flexibility index (Phi) is 7.73. The quantitative estimate of drug-likeness (QED) is 0.500. The van der Waals surface area contributed by atoms with Gasteiger partial charge in [-0.2, -0.15) is 13.2 Å². The van der Waals surface area contributed by atoms with E-state index >= 15 is 0 Å². The fourth-order valence-corrected chi connectivity index (χ4v) is 4.07. The Morgan fingerprint density at radius 3 is 2.17 bits per heavy atom. The van der Waals surface area contributed by atoms with E-state index in [1.165, 1.54) is 47.2 Å². The van der Waals surface area contributed by atoms with Crippen LogP contribution in [-0.4, -0.2) is 48.1 Å². The number of piperazine rings is 1. The van der Waals surface area contributed by atoms with Crippen LogP contribution in [0.1, 0.15) is 21.5 Å². The molecule has 0 saturated carbocycles. The number of halogens is 4. The highest BCUT2D eigenvalue weighted by atomic mass is 19.4. The first-order chi connectivity index (χ1) is 17.2. The Labute approximate surface area is 205 Å². The molecule has 0 radical (unpaired) electrons. The van der Waals surface area contributed by atoms with E-state index in [1.807, 2.05) is 4.90 Å². The summed E-state index contributed by atoms with van der Waals surface area (Å²) < 4.78 is 52.9. The minimum absolute atomic E-state index is 0.214. The molecule has 2 aromatic carbocycles. The van der Waals surface area contributed by atoms with Crippen molar-refractivity contribution in [3.8, 4) is 0 Å². The minimum atomic E-state index is -4.35.